The number of ether oxygens (including phenoxy) is 2. The quantitative estimate of drug-likeness (QED) is 0.609. The molecule has 1 N–H and O–H groups in total. The van der Waals surface area contributed by atoms with Gasteiger partial charge in [0.15, 0.2) is 0 Å². The zero-order valence-corrected chi connectivity index (χ0v) is 6.62. The summed E-state index contributed by atoms with van der Waals surface area (Å²) in [5, 5.41) is 9.17. The highest BCUT2D eigenvalue weighted by atomic mass is 19.4. The molecule has 0 aromatic heterocycles. The summed E-state index contributed by atoms with van der Waals surface area (Å²) in [5.74, 6) is -1.59. The molecule has 0 aliphatic carbocycles. The molecule has 0 bridgehead atoms. The number of hydrogen-bond acceptors (Lipinski definition) is 3. The zero-order valence-electron chi connectivity index (χ0n) is 6.62. The Bertz CT molecular complexity index is 206. The van der Waals surface area contributed by atoms with E-state index in [1.165, 1.54) is 0 Å². The zero-order chi connectivity index (χ0) is 9.64. The van der Waals surface area contributed by atoms with Crippen LogP contribution in [0.2, 0.25) is 0 Å². The Hall–Kier alpha value is -0.330. The van der Waals surface area contributed by atoms with Crippen molar-refractivity contribution in [1.29, 1.82) is 0 Å². The lowest BCUT2D eigenvalue weighted by atomic mass is 10.0. The van der Waals surface area contributed by atoms with Crippen molar-refractivity contribution in [3.05, 3.63) is 0 Å². The second-order valence-electron chi connectivity index (χ2n) is 3.31. The maximum Gasteiger partial charge on any atom is 0.396 e. The van der Waals surface area contributed by atoms with Gasteiger partial charge in [0.2, 0.25) is 0 Å². The molecule has 0 spiro atoms. The molecule has 13 heavy (non-hydrogen) atoms. The normalized spacial score (nSPS) is 45.2. The van der Waals surface area contributed by atoms with Crippen molar-refractivity contribution < 1.29 is 27.8 Å². The maximum atomic E-state index is 12.3. The highest BCUT2D eigenvalue weighted by molar-refractivity contribution is 4.96. The minimum Gasteiger partial charge on any atom is -0.388 e. The summed E-state index contributed by atoms with van der Waals surface area (Å²) in [5.41, 5.74) is 0. The van der Waals surface area contributed by atoms with E-state index in [9.17, 15) is 13.2 Å². The smallest absolute Gasteiger partial charge is 0.388 e. The third kappa shape index (κ3) is 1.43. The van der Waals surface area contributed by atoms with Crippen LogP contribution >= 0.6 is 0 Å². The van der Waals surface area contributed by atoms with E-state index in [0.29, 0.717) is 0 Å². The molecule has 2 heterocycles. The molecule has 2 aliphatic rings. The van der Waals surface area contributed by atoms with E-state index < -0.39 is 37.0 Å². The van der Waals surface area contributed by atoms with Crippen LogP contribution in [0.15, 0.2) is 0 Å². The van der Waals surface area contributed by atoms with Gasteiger partial charge in [0.1, 0.15) is 24.2 Å². The molecule has 4 atom stereocenters. The van der Waals surface area contributed by atoms with Crippen LogP contribution in [0.5, 0.6) is 0 Å². The predicted molar refractivity (Wildman–Crippen MR) is 35.0 cm³/mol. The average molecular weight is 198 g/mol. The van der Waals surface area contributed by atoms with Gasteiger partial charge in [-0.25, -0.2) is 0 Å². The summed E-state index contributed by atoms with van der Waals surface area (Å²) in [6, 6.07) is 0. The van der Waals surface area contributed by atoms with Gasteiger partial charge in [-0.15, -0.1) is 0 Å². The Labute approximate surface area is 72.4 Å². The third-order valence-electron chi connectivity index (χ3n) is 2.45. The average Bonchev–Trinajstić information content (AvgIpc) is 2.51. The predicted octanol–water partition coefficient (Wildman–Crippen LogP) is 0.323. The van der Waals surface area contributed by atoms with Crippen molar-refractivity contribution in [2.45, 2.75) is 24.5 Å². The maximum absolute atomic E-state index is 12.3. The molecule has 76 valence electrons. The van der Waals surface area contributed by atoms with Crippen molar-refractivity contribution in [2.75, 3.05) is 13.2 Å². The van der Waals surface area contributed by atoms with Crippen LogP contribution in [-0.2, 0) is 9.47 Å². The molecule has 6 heteroatoms. The molecular weight excluding hydrogens is 189 g/mol. The molecule has 3 nitrogen and oxygen atoms in total. The molecule has 2 rings (SSSR count). The lowest BCUT2D eigenvalue weighted by molar-refractivity contribution is -0.194. The third-order valence-corrected chi connectivity index (χ3v) is 2.45. The van der Waals surface area contributed by atoms with E-state index in [1.807, 2.05) is 0 Å². The van der Waals surface area contributed by atoms with Crippen molar-refractivity contribution in [1.82, 2.24) is 0 Å². The van der Waals surface area contributed by atoms with Crippen molar-refractivity contribution in [3.8, 4) is 0 Å². The lowest BCUT2D eigenvalue weighted by Gasteiger charge is -2.18. The summed E-state index contributed by atoms with van der Waals surface area (Å²) in [6.45, 7) is -0.474. The Balaban J connectivity index is 2.11. The minimum absolute atomic E-state index is 0.0675. The van der Waals surface area contributed by atoms with Gasteiger partial charge in [-0.1, -0.05) is 0 Å². The van der Waals surface area contributed by atoms with Crippen LogP contribution in [0.3, 0.4) is 0 Å². The topological polar surface area (TPSA) is 38.7 Å². The van der Waals surface area contributed by atoms with Crippen LogP contribution in [0.1, 0.15) is 0 Å². The fraction of sp³-hybridized carbons (Fsp3) is 1.00. The van der Waals surface area contributed by atoms with Gasteiger partial charge in [0.05, 0.1) is 13.2 Å². The summed E-state index contributed by atoms with van der Waals surface area (Å²) < 4.78 is 46.5. The molecule has 0 aromatic carbocycles. The summed E-state index contributed by atoms with van der Waals surface area (Å²) in [6.07, 6.45) is -7.04. The van der Waals surface area contributed by atoms with Crippen LogP contribution in [-0.4, -0.2) is 42.8 Å². The number of rotatable bonds is 0. The Morgan fingerprint density at radius 1 is 1.08 bits per heavy atom. The molecule has 2 fully saturated rings. The lowest BCUT2D eigenvalue weighted by Crippen LogP contribution is -2.36. The van der Waals surface area contributed by atoms with Gasteiger partial charge in [-0.05, 0) is 0 Å². The molecular formula is C7H9F3O3. The highest BCUT2D eigenvalue weighted by Gasteiger charge is 2.57. The van der Waals surface area contributed by atoms with Crippen LogP contribution in [0.25, 0.3) is 0 Å². The molecule has 2 aliphatic heterocycles. The highest BCUT2D eigenvalue weighted by Crippen LogP contribution is 2.40. The van der Waals surface area contributed by atoms with Crippen molar-refractivity contribution >= 4 is 0 Å². The summed E-state index contributed by atoms with van der Waals surface area (Å²) in [4.78, 5) is 0. The van der Waals surface area contributed by atoms with Gasteiger partial charge < -0.3 is 14.6 Å². The van der Waals surface area contributed by atoms with E-state index >= 15 is 0 Å². The van der Waals surface area contributed by atoms with E-state index in [1.54, 1.807) is 0 Å². The molecule has 0 unspecified atom stereocenters. The number of fused-ring (bicyclic) bond motifs is 1. The molecule has 0 saturated carbocycles. The van der Waals surface area contributed by atoms with Gasteiger partial charge in [0, 0.05) is 0 Å². The van der Waals surface area contributed by atoms with E-state index in [2.05, 4.69) is 0 Å². The van der Waals surface area contributed by atoms with Gasteiger partial charge >= 0.3 is 6.18 Å². The van der Waals surface area contributed by atoms with Crippen LogP contribution < -0.4 is 0 Å². The van der Waals surface area contributed by atoms with Gasteiger partial charge in [-0.2, -0.15) is 13.2 Å². The summed E-state index contributed by atoms with van der Waals surface area (Å²) in [7, 11) is 0. The Morgan fingerprint density at radius 3 is 2.31 bits per heavy atom. The molecule has 0 radical (unpaired) electrons. The van der Waals surface area contributed by atoms with E-state index in [0.717, 1.165) is 0 Å². The minimum atomic E-state index is -4.30. The number of aliphatic hydroxyl groups excluding tert-OH is 1. The summed E-state index contributed by atoms with van der Waals surface area (Å²) >= 11 is 0. The van der Waals surface area contributed by atoms with Crippen molar-refractivity contribution in [2.24, 2.45) is 5.92 Å². The largest absolute Gasteiger partial charge is 0.396 e. The first-order chi connectivity index (χ1) is 6.00. The first-order valence-electron chi connectivity index (χ1n) is 3.98. The number of alkyl halides is 3. The number of hydrogen-bond donors (Lipinski definition) is 1. The Kier molecular flexibility index (Phi) is 2.01. The fourth-order valence-corrected chi connectivity index (χ4v) is 1.76. The van der Waals surface area contributed by atoms with Gasteiger partial charge in [-0.3, -0.25) is 0 Å². The van der Waals surface area contributed by atoms with Gasteiger partial charge in [0.25, 0.3) is 0 Å². The van der Waals surface area contributed by atoms with Crippen molar-refractivity contribution in [3.63, 3.8) is 0 Å². The Morgan fingerprint density at radius 2 is 1.69 bits per heavy atom. The van der Waals surface area contributed by atoms with E-state index in [-0.39, 0.29) is 6.61 Å². The molecule has 0 amide bonds. The first kappa shape index (κ1) is 9.23. The number of aliphatic hydroxyl groups is 1. The standard InChI is InChI=1S/C7H9F3O3/c8-7(9,10)3-1-12-6-4(11)2-13-5(3)6/h3-6,11H,1-2H2/t3-,4-,5+,6-/m1/s1. The first-order valence-corrected chi connectivity index (χ1v) is 3.98. The second kappa shape index (κ2) is 2.83. The van der Waals surface area contributed by atoms with Crippen LogP contribution in [0, 0.1) is 5.92 Å². The van der Waals surface area contributed by atoms with E-state index in [4.69, 9.17) is 14.6 Å². The monoisotopic (exact) mass is 198 g/mol. The van der Waals surface area contributed by atoms with Crippen LogP contribution in [0.4, 0.5) is 13.2 Å². The molecule has 2 saturated heterocycles. The SMILES string of the molecule is O[C@@H]1CO[C@@H]2[C@@H]1OC[C@H]2C(F)(F)F. The fourth-order valence-electron chi connectivity index (χ4n) is 1.76. The second-order valence-corrected chi connectivity index (χ2v) is 3.31. The molecule has 0 aromatic rings. The number of halogens is 3.